The van der Waals surface area contributed by atoms with Gasteiger partial charge in [0.15, 0.2) is 0 Å². The Bertz CT molecular complexity index is 786. The molecule has 3 heterocycles. The van der Waals surface area contributed by atoms with E-state index < -0.39 is 0 Å². The van der Waals surface area contributed by atoms with Crippen LogP contribution in [0.1, 0.15) is 11.3 Å². The SMILES string of the molecule is Cc1ccsc1-c1cc(=O)n2c(C)cccc2n1. The Morgan fingerprint density at radius 1 is 1.22 bits per heavy atom. The lowest BCUT2D eigenvalue weighted by Crippen LogP contribution is -2.16. The summed E-state index contributed by atoms with van der Waals surface area (Å²) in [6, 6.07) is 9.34. The van der Waals surface area contributed by atoms with Gasteiger partial charge in [0, 0.05) is 11.8 Å². The van der Waals surface area contributed by atoms with Gasteiger partial charge in [-0.05, 0) is 43.0 Å². The predicted molar refractivity (Wildman–Crippen MR) is 74.2 cm³/mol. The molecule has 3 rings (SSSR count). The number of rotatable bonds is 1. The molecular formula is C14H12N2OS. The van der Waals surface area contributed by atoms with E-state index in [1.807, 2.05) is 43.5 Å². The summed E-state index contributed by atoms with van der Waals surface area (Å²) in [6.45, 7) is 3.94. The molecule has 0 radical (unpaired) electrons. The number of thiophene rings is 1. The van der Waals surface area contributed by atoms with Gasteiger partial charge < -0.3 is 0 Å². The molecule has 0 amide bonds. The Morgan fingerprint density at radius 3 is 2.78 bits per heavy atom. The molecule has 0 atom stereocenters. The number of nitrogens with zero attached hydrogens (tertiary/aromatic N) is 2. The smallest absolute Gasteiger partial charge is 0.258 e. The molecule has 0 saturated heterocycles. The van der Waals surface area contributed by atoms with Crippen molar-refractivity contribution in [2.45, 2.75) is 13.8 Å². The minimum atomic E-state index is -0.0269. The van der Waals surface area contributed by atoms with E-state index in [0.29, 0.717) is 5.65 Å². The highest BCUT2D eigenvalue weighted by Gasteiger charge is 2.08. The third-order valence-electron chi connectivity index (χ3n) is 2.97. The molecule has 18 heavy (non-hydrogen) atoms. The highest BCUT2D eigenvalue weighted by Crippen LogP contribution is 2.26. The highest BCUT2D eigenvalue weighted by molar-refractivity contribution is 7.13. The van der Waals surface area contributed by atoms with Crippen molar-refractivity contribution in [2.75, 3.05) is 0 Å². The van der Waals surface area contributed by atoms with Crippen molar-refractivity contribution in [3.05, 3.63) is 57.3 Å². The molecule has 0 aliphatic carbocycles. The first-order valence-corrected chi connectivity index (χ1v) is 6.59. The van der Waals surface area contributed by atoms with Gasteiger partial charge in [0.1, 0.15) is 5.65 Å². The summed E-state index contributed by atoms with van der Waals surface area (Å²) in [4.78, 5) is 17.8. The van der Waals surface area contributed by atoms with Gasteiger partial charge >= 0.3 is 0 Å². The van der Waals surface area contributed by atoms with E-state index in [4.69, 9.17) is 0 Å². The molecule has 0 fully saturated rings. The lowest BCUT2D eigenvalue weighted by atomic mass is 10.2. The second kappa shape index (κ2) is 4.07. The van der Waals surface area contributed by atoms with Crippen LogP contribution in [-0.4, -0.2) is 9.38 Å². The molecular weight excluding hydrogens is 244 g/mol. The first kappa shape index (κ1) is 11.2. The highest BCUT2D eigenvalue weighted by atomic mass is 32.1. The zero-order chi connectivity index (χ0) is 12.7. The molecule has 0 aliphatic rings. The predicted octanol–water partition coefficient (Wildman–Crippen LogP) is 3.04. The Labute approximate surface area is 108 Å². The van der Waals surface area contributed by atoms with Gasteiger partial charge in [0.05, 0.1) is 10.6 Å². The minimum Gasteiger partial charge on any atom is -0.269 e. The van der Waals surface area contributed by atoms with Gasteiger partial charge in [-0.2, -0.15) is 0 Å². The summed E-state index contributed by atoms with van der Waals surface area (Å²) in [5, 5.41) is 2.02. The van der Waals surface area contributed by atoms with Crippen LogP contribution in [0.25, 0.3) is 16.2 Å². The number of aryl methyl sites for hydroxylation is 2. The van der Waals surface area contributed by atoms with E-state index in [-0.39, 0.29) is 5.56 Å². The maximum Gasteiger partial charge on any atom is 0.258 e. The van der Waals surface area contributed by atoms with Gasteiger partial charge in [-0.15, -0.1) is 11.3 Å². The minimum absolute atomic E-state index is 0.0269. The van der Waals surface area contributed by atoms with Crippen LogP contribution in [0.3, 0.4) is 0 Å². The molecule has 0 N–H and O–H groups in total. The fourth-order valence-corrected chi connectivity index (χ4v) is 2.95. The molecule has 3 aromatic rings. The Hall–Kier alpha value is -1.94. The van der Waals surface area contributed by atoms with Crippen LogP contribution in [0.2, 0.25) is 0 Å². The van der Waals surface area contributed by atoms with Crippen LogP contribution in [0.5, 0.6) is 0 Å². The third-order valence-corrected chi connectivity index (χ3v) is 4.01. The van der Waals surface area contributed by atoms with Crippen LogP contribution in [0.15, 0.2) is 40.5 Å². The number of pyridine rings is 1. The second-order valence-corrected chi connectivity index (χ2v) is 5.19. The summed E-state index contributed by atoms with van der Waals surface area (Å²) in [6.07, 6.45) is 0. The second-order valence-electron chi connectivity index (χ2n) is 4.27. The van der Waals surface area contributed by atoms with E-state index in [1.54, 1.807) is 21.8 Å². The van der Waals surface area contributed by atoms with Crippen molar-refractivity contribution < 1.29 is 0 Å². The third kappa shape index (κ3) is 1.66. The number of hydrogen-bond donors (Lipinski definition) is 0. The van der Waals surface area contributed by atoms with Crippen molar-refractivity contribution in [2.24, 2.45) is 0 Å². The molecule has 3 aromatic heterocycles. The summed E-state index contributed by atoms with van der Waals surface area (Å²) >= 11 is 1.61. The molecule has 3 nitrogen and oxygen atoms in total. The van der Waals surface area contributed by atoms with Crippen LogP contribution >= 0.6 is 11.3 Å². The number of aromatic nitrogens is 2. The van der Waals surface area contributed by atoms with E-state index in [2.05, 4.69) is 4.98 Å². The van der Waals surface area contributed by atoms with Gasteiger partial charge in [-0.3, -0.25) is 9.20 Å². The van der Waals surface area contributed by atoms with Crippen molar-refractivity contribution in [3.63, 3.8) is 0 Å². The van der Waals surface area contributed by atoms with Crippen molar-refractivity contribution in [1.29, 1.82) is 0 Å². The monoisotopic (exact) mass is 256 g/mol. The van der Waals surface area contributed by atoms with E-state index in [9.17, 15) is 4.79 Å². The molecule has 0 spiro atoms. The molecule has 0 saturated carbocycles. The van der Waals surface area contributed by atoms with Crippen LogP contribution in [0, 0.1) is 13.8 Å². The van der Waals surface area contributed by atoms with Crippen molar-refractivity contribution in [3.8, 4) is 10.6 Å². The average Bonchev–Trinajstić information content (AvgIpc) is 2.75. The fraction of sp³-hybridized carbons (Fsp3) is 0.143. The molecule has 4 heteroatoms. The van der Waals surface area contributed by atoms with E-state index in [1.165, 1.54) is 0 Å². The maximum absolute atomic E-state index is 12.2. The molecule has 0 bridgehead atoms. The van der Waals surface area contributed by atoms with Crippen molar-refractivity contribution in [1.82, 2.24) is 9.38 Å². The van der Waals surface area contributed by atoms with E-state index in [0.717, 1.165) is 21.8 Å². The first-order valence-electron chi connectivity index (χ1n) is 5.71. The molecule has 0 aromatic carbocycles. The quantitative estimate of drug-likeness (QED) is 0.670. The maximum atomic E-state index is 12.2. The molecule has 0 aliphatic heterocycles. The van der Waals surface area contributed by atoms with Gasteiger partial charge in [-0.1, -0.05) is 6.07 Å². The first-order chi connectivity index (χ1) is 8.66. The normalized spacial score (nSPS) is 11.0. The van der Waals surface area contributed by atoms with Crippen LogP contribution in [-0.2, 0) is 0 Å². The van der Waals surface area contributed by atoms with Crippen LogP contribution in [0.4, 0.5) is 0 Å². The fourth-order valence-electron chi connectivity index (χ4n) is 2.07. The van der Waals surface area contributed by atoms with Crippen LogP contribution < -0.4 is 5.56 Å². The average molecular weight is 256 g/mol. The lowest BCUT2D eigenvalue weighted by Gasteiger charge is -2.06. The summed E-state index contributed by atoms with van der Waals surface area (Å²) in [5.41, 5.74) is 3.49. The van der Waals surface area contributed by atoms with Gasteiger partial charge in [-0.25, -0.2) is 4.98 Å². The Morgan fingerprint density at radius 2 is 2.06 bits per heavy atom. The molecule has 0 unspecified atom stereocenters. The zero-order valence-electron chi connectivity index (χ0n) is 10.2. The lowest BCUT2D eigenvalue weighted by molar-refractivity contribution is 0.994. The zero-order valence-corrected chi connectivity index (χ0v) is 11.0. The number of hydrogen-bond acceptors (Lipinski definition) is 3. The summed E-state index contributed by atoms with van der Waals surface area (Å²) in [7, 11) is 0. The largest absolute Gasteiger partial charge is 0.269 e. The topological polar surface area (TPSA) is 34.4 Å². The Kier molecular flexibility index (Phi) is 2.52. The Balaban J connectivity index is 2.36. The van der Waals surface area contributed by atoms with Crippen molar-refractivity contribution >= 4 is 17.0 Å². The van der Waals surface area contributed by atoms with Gasteiger partial charge in [0.2, 0.25) is 0 Å². The van der Waals surface area contributed by atoms with E-state index >= 15 is 0 Å². The molecule has 90 valence electrons. The van der Waals surface area contributed by atoms with Gasteiger partial charge in [0.25, 0.3) is 5.56 Å². The number of fused-ring (bicyclic) bond motifs is 1. The standard InChI is InChI=1S/C14H12N2OS/c1-9-6-7-18-14(9)11-8-13(17)16-10(2)4-3-5-12(16)15-11/h3-8H,1-2H3. The summed E-state index contributed by atoms with van der Waals surface area (Å²) in [5.74, 6) is 0. The summed E-state index contributed by atoms with van der Waals surface area (Å²) < 4.78 is 1.63.